The third-order valence-electron chi connectivity index (χ3n) is 1.60. The maximum atomic E-state index is 9.39. The number of phenols is 1. The molecule has 1 rings (SSSR count). The second kappa shape index (κ2) is 5.27. The van der Waals surface area contributed by atoms with Crippen molar-refractivity contribution in [1.29, 1.82) is 0 Å². The van der Waals surface area contributed by atoms with Crippen LogP contribution in [0.3, 0.4) is 0 Å². The number of nitrogens with two attached hydrogens (primary N) is 1. The van der Waals surface area contributed by atoms with E-state index in [9.17, 15) is 5.11 Å². The van der Waals surface area contributed by atoms with Gasteiger partial charge in [-0.1, -0.05) is 22.0 Å². The van der Waals surface area contributed by atoms with Gasteiger partial charge in [0.15, 0.2) is 0 Å². The van der Waals surface area contributed by atoms with Crippen molar-refractivity contribution in [2.24, 2.45) is 5.73 Å². The SMILES string of the molecule is C=C[C@@H](N)c1cc(Br)ccc1O.Cl. The summed E-state index contributed by atoms with van der Waals surface area (Å²) in [5.41, 5.74) is 6.35. The number of benzene rings is 1. The Bertz CT molecular complexity index is 304. The number of phenolic OH excluding ortho intramolecular Hbond substituents is 1. The van der Waals surface area contributed by atoms with Gasteiger partial charge in [-0.15, -0.1) is 19.0 Å². The van der Waals surface area contributed by atoms with Crippen molar-refractivity contribution >= 4 is 28.3 Å². The molecule has 4 heteroatoms. The highest BCUT2D eigenvalue weighted by Crippen LogP contribution is 2.26. The van der Waals surface area contributed by atoms with Gasteiger partial charge in [-0.3, -0.25) is 0 Å². The van der Waals surface area contributed by atoms with Gasteiger partial charge in [-0.25, -0.2) is 0 Å². The second-order valence-electron chi connectivity index (χ2n) is 2.46. The van der Waals surface area contributed by atoms with Gasteiger partial charge in [0.25, 0.3) is 0 Å². The average Bonchev–Trinajstić information content (AvgIpc) is 2.08. The smallest absolute Gasteiger partial charge is 0.120 e. The van der Waals surface area contributed by atoms with Gasteiger partial charge in [0.2, 0.25) is 0 Å². The molecule has 0 spiro atoms. The van der Waals surface area contributed by atoms with Crippen LogP contribution in [-0.2, 0) is 0 Å². The molecule has 3 N–H and O–H groups in total. The highest BCUT2D eigenvalue weighted by Gasteiger charge is 2.06. The molecule has 0 saturated carbocycles. The summed E-state index contributed by atoms with van der Waals surface area (Å²) in [7, 11) is 0. The lowest BCUT2D eigenvalue weighted by atomic mass is 10.1. The number of aromatic hydroxyl groups is 1. The summed E-state index contributed by atoms with van der Waals surface area (Å²) in [4.78, 5) is 0. The summed E-state index contributed by atoms with van der Waals surface area (Å²) in [6, 6.07) is 4.82. The number of halogens is 2. The van der Waals surface area contributed by atoms with Gasteiger partial charge in [-0.05, 0) is 18.2 Å². The maximum Gasteiger partial charge on any atom is 0.120 e. The van der Waals surface area contributed by atoms with Crippen LogP contribution in [0.4, 0.5) is 0 Å². The average molecular weight is 265 g/mol. The summed E-state index contributed by atoms with van der Waals surface area (Å²) in [6.07, 6.45) is 1.58. The zero-order valence-corrected chi connectivity index (χ0v) is 9.31. The van der Waals surface area contributed by atoms with Gasteiger partial charge in [-0.2, -0.15) is 0 Å². The Kier molecular flexibility index (Phi) is 5.06. The van der Waals surface area contributed by atoms with E-state index >= 15 is 0 Å². The van der Waals surface area contributed by atoms with Gasteiger partial charge in [0.05, 0.1) is 6.04 Å². The van der Waals surface area contributed by atoms with Crippen LogP contribution >= 0.6 is 28.3 Å². The van der Waals surface area contributed by atoms with E-state index in [1.165, 1.54) is 0 Å². The van der Waals surface area contributed by atoms with Crippen molar-refractivity contribution in [3.8, 4) is 5.75 Å². The maximum absolute atomic E-state index is 9.39. The fourth-order valence-corrected chi connectivity index (χ4v) is 1.30. The van der Waals surface area contributed by atoms with Crippen molar-refractivity contribution in [2.75, 3.05) is 0 Å². The van der Waals surface area contributed by atoms with E-state index in [-0.39, 0.29) is 24.2 Å². The van der Waals surface area contributed by atoms with Crippen LogP contribution in [0.5, 0.6) is 5.75 Å². The Labute approximate surface area is 92.0 Å². The molecule has 0 amide bonds. The monoisotopic (exact) mass is 263 g/mol. The molecular formula is C9H11BrClNO. The summed E-state index contributed by atoms with van der Waals surface area (Å²) < 4.78 is 0.896. The van der Waals surface area contributed by atoms with E-state index in [2.05, 4.69) is 22.5 Å². The predicted molar refractivity (Wildman–Crippen MR) is 60.2 cm³/mol. The highest BCUT2D eigenvalue weighted by atomic mass is 79.9. The fourth-order valence-electron chi connectivity index (χ4n) is 0.919. The van der Waals surface area contributed by atoms with Crippen LogP contribution in [0.15, 0.2) is 35.3 Å². The van der Waals surface area contributed by atoms with E-state index < -0.39 is 0 Å². The first-order chi connectivity index (χ1) is 5.65. The molecule has 0 aliphatic carbocycles. The Hall–Kier alpha value is -0.510. The summed E-state index contributed by atoms with van der Waals surface area (Å²) in [6.45, 7) is 3.56. The molecule has 0 unspecified atom stereocenters. The molecule has 0 fully saturated rings. The molecule has 1 aromatic carbocycles. The fraction of sp³-hybridized carbons (Fsp3) is 0.111. The van der Waals surface area contributed by atoms with Crippen molar-refractivity contribution < 1.29 is 5.11 Å². The van der Waals surface area contributed by atoms with Crippen LogP contribution in [0.2, 0.25) is 0 Å². The molecule has 0 aliphatic rings. The van der Waals surface area contributed by atoms with Crippen LogP contribution < -0.4 is 5.73 Å². The van der Waals surface area contributed by atoms with E-state index in [4.69, 9.17) is 5.73 Å². The van der Waals surface area contributed by atoms with E-state index in [0.717, 1.165) is 4.47 Å². The van der Waals surface area contributed by atoms with Crippen LogP contribution in [0.1, 0.15) is 11.6 Å². The molecule has 0 aliphatic heterocycles. The zero-order valence-electron chi connectivity index (χ0n) is 6.90. The normalized spacial score (nSPS) is 11.5. The minimum absolute atomic E-state index is 0. The molecule has 0 heterocycles. The lowest BCUT2D eigenvalue weighted by Gasteiger charge is -2.08. The molecule has 72 valence electrons. The largest absolute Gasteiger partial charge is 0.508 e. The molecule has 2 nitrogen and oxygen atoms in total. The lowest BCUT2D eigenvalue weighted by molar-refractivity contribution is 0.466. The first-order valence-corrected chi connectivity index (χ1v) is 4.31. The molecule has 1 atom stereocenters. The lowest BCUT2D eigenvalue weighted by Crippen LogP contribution is -2.06. The minimum atomic E-state index is -0.317. The molecule has 0 radical (unpaired) electrons. The van der Waals surface area contributed by atoms with Crippen LogP contribution in [-0.4, -0.2) is 5.11 Å². The second-order valence-corrected chi connectivity index (χ2v) is 3.38. The summed E-state index contributed by atoms with van der Waals surface area (Å²) in [5.74, 6) is 0.200. The van der Waals surface area contributed by atoms with Gasteiger partial charge in [0.1, 0.15) is 5.75 Å². The first kappa shape index (κ1) is 12.5. The zero-order chi connectivity index (χ0) is 9.14. The third kappa shape index (κ3) is 3.03. The van der Waals surface area contributed by atoms with Crippen molar-refractivity contribution in [3.05, 3.63) is 40.9 Å². The molecule has 0 saturated heterocycles. The Morgan fingerprint density at radius 2 is 2.15 bits per heavy atom. The molecular weight excluding hydrogens is 253 g/mol. The molecule has 0 bridgehead atoms. The summed E-state index contributed by atoms with van der Waals surface area (Å²) >= 11 is 3.29. The predicted octanol–water partition coefficient (Wildman–Crippen LogP) is 2.76. The first-order valence-electron chi connectivity index (χ1n) is 3.51. The third-order valence-corrected chi connectivity index (χ3v) is 2.10. The molecule has 0 aromatic heterocycles. The Morgan fingerprint density at radius 3 is 2.69 bits per heavy atom. The highest BCUT2D eigenvalue weighted by molar-refractivity contribution is 9.10. The van der Waals surface area contributed by atoms with Gasteiger partial charge >= 0.3 is 0 Å². The number of hydrogen-bond donors (Lipinski definition) is 2. The van der Waals surface area contributed by atoms with Crippen LogP contribution in [0.25, 0.3) is 0 Å². The molecule has 1 aromatic rings. The van der Waals surface area contributed by atoms with Crippen molar-refractivity contribution in [2.45, 2.75) is 6.04 Å². The van der Waals surface area contributed by atoms with Crippen molar-refractivity contribution in [1.82, 2.24) is 0 Å². The van der Waals surface area contributed by atoms with Crippen molar-refractivity contribution in [3.63, 3.8) is 0 Å². The van der Waals surface area contributed by atoms with E-state index in [0.29, 0.717) is 5.56 Å². The molecule has 13 heavy (non-hydrogen) atoms. The van der Waals surface area contributed by atoms with E-state index in [1.54, 1.807) is 24.3 Å². The van der Waals surface area contributed by atoms with Crippen LogP contribution in [0, 0.1) is 0 Å². The Balaban J connectivity index is 0.00000144. The summed E-state index contributed by atoms with van der Waals surface area (Å²) in [5, 5.41) is 9.39. The van der Waals surface area contributed by atoms with E-state index in [1.807, 2.05) is 0 Å². The topological polar surface area (TPSA) is 46.2 Å². The number of rotatable bonds is 2. The quantitative estimate of drug-likeness (QED) is 0.807. The number of hydrogen-bond acceptors (Lipinski definition) is 2. The minimum Gasteiger partial charge on any atom is -0.508 e. The standard InChI is InChI=1S/C9H10BrNO.ClH/c1-2-8(11)7-5-6(10)3-4-9(7)12;/h2-5,8,12H,1,11H2;1H/t8-;/m1./s1. The van der Waals surface area contributed by atoms with Gasteiger partial charge < -0.3 is 10.8 Å². The van der Waals surface area contributed by atoms with Gasteiger partial charge in [0, 0.05) is 10.0 Å². The Morgan fingerprint density at radius 1 is 1.54 bits per heavy atom.